The number of hydrogen-bond donors (Lipinski definition) is 0. The van der Waals surface area contributed by atoms with Gasteiger partial charge >= 0.3 is 0 Å². The van der Waals surface area contributed by atoms with Crippen LogP contribution in [0.2, 0.25) is 0 Å². The molecule has 0 saturated carbocycles. The molecule has 1 aromatic heterocycles. The Kier molecular flexibility index (Phi) is 3.05. The van der Waals surface area contributed by atoms with Gasteiger partial charge in [0.15, 0.2) is 0 Å². The summed E-state index contributed by atoms with van der Waals surface area (Å²) in [5.74, 6) is 0. The number of aryl methyl sites for hydroxylation is 1. The van der Waals surface area contributed by atoms with Crippen molar-refractivity contribution in [2.24, 2.45) is 0 Å². The Labute approximate surface area is 112 Å². The SMILES string of the molecule is COCc1ccc2c(c1)ncn2-c1cccc(C)c1. The highest BCUT2D eigenvalue weighted by Gasteiger charge is 2.05. The van der Waals surface area contributed by atoms with E-state index in [1.807, 2.05) is 6.33 Å². The van der Waals surface area contributed by atoms with Gasteiger partial charge in [-0.25, -0.2) is 4.98 Å². The summed E-state index contributed by atoms with van der Waals surface area (Å²) in [4.78, 5) is 4.48. The van der Waals surface area contributed by atoms with E-state index in [0.717, 1.165) is 22.3 Å². The van der Waals surface area contributed by atoms with E-state index in [1.165, 1.54) is 5.56 Å². The Bertz CT molecular complexity index is 716. The molecule has 0 saturated heterocycles. The molecule has 3 heteroatoms. The maximum Gasteiger partial charge on any atom is 0.100 e. The van der Waals surface area contributed by atoms with Gasteiger partial charge in [-0.15, -0.1) is 0 Å². The van der Waals surface area contributed by atoms with Crippen LogP contribution in [0.1, 0.15) is 11.1 Å². The Morgan fingerprint density at radius 1 is 1.16 bits per heavy atom. The van der Waals surface area contributed by atoms with Gasteiger partial charge in [-0.1, -0.05) is 18.2 Å². The van der Waals surface area contributed by atoms with Crippen LogP contribution in [0.3, 0.4) is 0 Å². The van der Waals surface area contributed by atoms with E-state index >= 15 is 0 Å². The van der Waals surface area contributed by atoms with E-state index < -0.39 is 0 Å². The average Bonchev–Trinajstić information content (AvgIpc) is 2.82. The zero-order valence-electron chi connectivity index (χ0n) is 11.1. The van der Waals surface area contributed by atoms with Crippen molar-refractivity contribution < 1.29 is 4.74 Å². The summed E-state index contributed by atoms with van der Waals surface area (Å²) in [6, 6.07) is 14.7. The number of fused-ring (bicyclic) bond motifs is 1. The molecule has 0 radical (unpaired) electrons. The first kappa shape index (κ1) is 11.9. The lowest BCUT2D eigenvalue weighted by Crippen LogP contribution is -1.93. The summed E-state index contributed by atoms with van der Waals surface area (Å²) >= 11 is 0. The molecule has 3 nitrogen and oxygen atoms in total. The average molecular weight is 252 g/mol. The van der Waals surface area contributed by atoms with Gasteiger partial charge in [-0.2, -0.15) is 0 Å². The van der Waals surface area contributed by atoms with Gasteiger partial charge in [0.1, 0.15) is 6.33 Å². The van der Waals surface area contributed by atoms with Crippen molar-refractivity contribution >= 4 is 11.0 Å². The zero-order chi connectivity index (χ0) is 13.2. The summed E-state index contributed by atoms with van der Waals surface area (Å²) in [6.45, 7) is 2.71. The molecule has 0 aliphatic carbocycles. The lowest BCUT2D eigenvalue weighted by molar-refractivity contribution is 0.185. The number of hydrogen-bond acceptors (Lipinski definition) is 2. The third-order valence-electron chi connectivity index (χ3n) is 3.20. The molecule has 0 amide bonds. The monoisotopic (exact) mass is 252 g/mol. The highest BCUT2D eigenvalue weighted by atomic mass is 16.5. The highest BCUT2D eigenvalue weighted by Crippen LogP contribution is 2.20. The molecule has 0 fully saturated rings. The molecule has 19 heavy (non-hydrogen) atoms. The third-order valence-corrected chi connectivity index (χ3v) is 3.20. The van der Waals surface area contributed by atoms with Crippen molar-refractivity contribution in [3.8, 4) is 5.69 Å². The molecule has 3 rings (SSSR count). The smallest absolute Gasteiger partial charge is 0.100 e. The molecule has 1 heterocycles. The normalized spacial score (nSPS) is 11.1. The van der Waals surface area contributed by atoms with Crippen molar-refractivity contribution in [3.63, 3.8) is 0 Å². The van der Waals surface area contributed by atoms with Crippen LogP contribution in [0.25, 0.3) is 16.7 Å². The molecule has 0 unspecified atom stereocenters. The quantitative estimate of drug-likeness (QED) is 0.713. The van der Waals surface area contributed by atoms with Crippen LogP contribution in [-0.4, -0.2) is 16.7 Å². The molecular formula is C16H16N2O. The Balaban J connectivity index is 2.10. The van der Waals surface area contributed by atoms with Crippen molar-refractivity contribution in [2.45, 2.75) is 13.5 Å². The fraction of sp³-hybridized carbons (Fsp3) is 0.188. The molecule has 3 aromatic rings. The fourth-order valence-electron chi connectivity index (χ4n) is 2.30. The number of nitrogens with zero attached hydrogens (tertiary/aromatic N) is 2. The minimum atomic E-state index is 0.618. The van der Waals surface area contributed by atoms with Crippen molar-refractivity contribution in [1.82, 2.24) is 9.55 Å². The lowest BCUT2D eigenvalue weighted by Gasteiger charge is -2.06. The first-order chi connectivity index (χ1) is 9.28. The van der Waals surface area contributed by atoms with Crippen molar-refractivity contribution in [1.29, 1.82) is 0 Å². The molecule has 0 bridgehead atoms. The van der Waals surface area contributed by atoms with Crippen LogP contribution in [0, 0.1) is 6.92 Å². The standard InChI is InChI=1S/C16H16N2O/c1-12-4-3-5-14(8-12)18-11-17-15-9-13(10-19-2)6-7-16(15)18/h3-9,11H,10H2,1-2H3. The van der Waals surface area contributed by atoms with Crippen LogP contribution in [0.4, 0.5) is 0 Å². The summed E-state index contributed by atoms with van der Waals surface area (Å²) < 4.78 is 7.26. The second-order valence-electron chi connectivity index (χ2n) is 4.71. The van der Waals surface area contributed by atoms with E-state index in [2.05, 4.69) is 58.9 Å². The lowest BCUT2D eigenvalue weighted by atomic mass is 10.2. The minimum absolute atomic E-state index is 0.618. The first-order valence-corrected chi connectivity index (χ1v) is 6.30. The Morgan fingerprint density at radius 2 is 2.05 bits per heavy atom. The second-order valence-corrected chi connectivity index (χ2v) is 4.71. The Hall–Kier alpha value is -2.13. The van der Waals surface area contributed by atoms with Gasteiger partial charge in [0.05, 0.1) is 17.6 Å². The molecule has 0 N–H and O–H groups in total. The maximum atomic E-state index is 5.15. The van der Waals surface area contributed by atoms with Crippen LogP contribution >= 0.6 is 0 Å². The predicted octanol–water partition coefficient (Wildman–Crippen LogP) is 3.48. The summed E-state index contributed by atoms with van der Waals surface area (Å²) in [5.41, 5.74) is 5.64. The van der Waals surface area contributed by atoms with Crippen molar-refractivity contribution in [2.75, 3.05) is 7.11 Å². The third kappa shape index (κ3) is 2.25. The first-order valence-electron chi connectivity index (χ1n) is 6.30. The van der Waals surface area contributed by atoms with Gasteiger partial charge in [0, 0.05) is 12.8 Å². The number of rotatable bonds is 3. The fourth-order valence-corrected chi connectivity index (χ4v) is 2.30. The molecule has 0 aliphatic heterocycles. The second kappa shape index (κ2) is 4.86. The Morgan fingerprint density at radius 3 is 2.84 bits per heavy atom. The number of imidazole rings is 1. The number of methoxy groups -OCH3 is 1. The van der Waals surface area contributed by atoms with Crippen LogP contribution in [-0.2, 0) is 11.3 Å². The molecule has 0 spiro atoms. The molecule has 0 atom stereocenters. The summed E-state index contributed by atoms with van der Waals surface area (Å²) in [7, 11) is 1.70. The topological polar surface area (TPSA) is 27.1 Å². The number of aromatic nitrogens is 2. The number of benzene rings is 2. The minimum Gasteiger partial charge on any atom is -0.380 e. The van der Waals surface area contributed by atoms with Gasteiger partial charge in [-0.05, 0) is 42.3 Å². The zero-order valence-corrected chi connectivity index (χ0v) is 11.1. The van der Waals surface area contributed by atoms with E-state index in [4.69, 9.17) is 4.74 Å². The van der Waals surface area contributed by atoms with Crippen LogP contribution in [0.15, 0.2) is 48.8 Å². The van der Waals surface area contributed by atoms with Gasteiger partial charge in [-0.3, -0.25) is 4.57 Å². The predicted molar refractivity (Wildman–Crippen MR) is 76.5 cm³/mol. The van der Waals surface area contributed by atoms with Crippen LogP contribution < -0.4 is 0 Å². The highest BCUT2D eigenvalue weighted by molar-refractivity contribution is 5.78. The largest absolute Gasteiger partial charge is 0.380 e. The van der Waals surface area contributed by atoms with Gasteiger partial charge in [0.2, 0.25) is 0 Å². The molecule has 0 aliphatic rings. The van der Waals surface area contributed by atoms with E-state index in [1.54, 1.807) is 7.11 Å². The van der Waals surface area contributed by atoms with Gasteiger partial charge in [0.25, 0.3) is 0 Å². The molecule has 96 valence electrons. The van der Waals surface area contributed by atoms with Gasteiger partial charge < -0.3 is 4.74 Å². The van der Waals surface area contributed by atoms with E-state index in [9.17, 15) is 0 Å². The summed E-state index contributed by atoms with van der Waals surface area (Å²) in [6.07, 6.45) is 1.87. The molecular weight excluding hydrogens is 236 g/mol. The number of ether oxygens (including phenoxy) is 1. The summed E-state index contributed by atoms with van der Waals surface area (Å²) in [5, 5.41) is 0. The van der Waals surface area contributed by atoms with E-state index in [0.29, 0.717) is 6.61 Å². The molecule has 2 aromatic carbocycles. The van der Waals surface area contributed by atoms with Crippen molar-refractivity contribution in [3.05, 3.63) is 59.9 Å². The van der Waals surface area contributed by atoms with E-state index in [-0.39, 0.29) is 0 Å². The maximum absolute atomic E-state index is 5.15. The van der Waals surface area contributed by atoms with Crippen LogP contribution in [0.5, 0.6) is 0 Å².